The third-order valence-electron chi connectivity index (χ3n) is 1.02. The van der Waals surface area contributed by atoms with Crippen LogP contribution in [0.3, 0.4) is 0 Å². The largest absolute Gasteiger partial charge is 0.466 e. The van der Waals surface area contributed by atoms with Crippen LogP contribution in [0.5, 0.6) is 0 Å². The van der Waals surface area contributed by atoms with E-state index in [9.17, 15) is 9.59 Å². The molecule has 0 unspecified atom stereocenters. The zero-order valence-electron chi connectivity index (χ0n) is 7.07. The lowest BCUT2D eigenvalue weighted by atomic mass is 10.4. The van der Waals surface area contributed by atoms with E-state index in [1.807, 2.05) is 5.16 Å². The molecule has 5 nitrogen and oxygen atoms in total. The van der Waals surface area contributed by atoms with Crippen molar-refractivity contribution >= 4 is 29.3 Å². The number of methoxy groups -OCH3 is 2. The van der Waals surface area contributed by atoms with Crippen molar-refractivity contribution in [1.29, 1.82) is 0 Å². The summed E-state index contributed by atoms with van der Waals surface area (Å²) in [6.07, 6.45) is 0.866. The maximum Gasteiger partial charge on any atom is 0.357 e. The molecule has 0 bridgehead atoms. The van der Waals surface area contributed by atoms with Gasteiger partial charge in [0.15, 0.2) is 5.70 Å². The fourth-order valence-electron chi connectivity index (χ4n) is 0.461. The van der Waals surface area contributed by atoms with Gasteiger partial charge in [-0.2, -0.15) is 4.99 Å². The van der Waals surface area contributed by atoms with E-state index in [4.69, 9.17) is 0 Å². The molecule has 0 aliphatic heterocycles. The SMILES string of the molecule is COC(=O)/C=C(\N=C=S)C(=O)OC. The van der Waals surface area contributed by atoms with E-state index in [1.165, 1.54) is 7.11 Å². The van der Waals surface area contributed by atoms with Crippen molar-refractivity contribution < 1.29 is 19.1 Å². The number of hydrogen-bond donors (Lipinski definition) is 0. The number of esters is 2. The van der Waals surface area contributed by atoms with Crippen LogP contribution in [0.15, 0.2) is 16.8 Å². The molecule has 0 spiro atoms. The fraction of sp³-hybridized carbons (Fsp3) is 0.286. The predicted molar refractivity (Wildman–Crippen MR) is 47.1 cm³/mol. The third kappa shape index (κ3) is 4.15. The standard InChI is InChI=1S/C7H7NO4S/c1-11-6(9)3-5(8-4-13)7(10)12-2/h3H,1-2H3/b5-3-. The van der Waals surface area contributed by atoms with Crippen LogP contribution in [0.2, 0.25) is 0 Å². The van der Waals surface area contributed by atoms with E-state index in [0.717, 1.165) is 13.2 Å². The Bertz CT molecular complexity index is 291. The van der Waals surface area contributed by atoms with Crippen LogP contribution in [0.1, 0.15) is 0 Å². The predicted octanol–water partition coefficient (Wildman–Crippen LogP) is 0.319. The summed E-state index contributed by atoms with van der Waals surface area (Å²) in [5.41, 5.74) is -0.246. The van der Waals surface area contributed by atoms with E-state index < -0.39 is 11.9 Å². The summed E-state index contributed by atoms with van der Waals surface area (Å²) >= 11 is 4.27. The van der Waals surface area contributed by atoms with E-state index in [1.54, 1.807) is 0 Å². The van der Waals surface area contributed by atoms with Gasteiger partial charge in [-0.3, -0.25) is 0 Å². The number of carbonyl (C=O) groups is 2. The van der Waals surface area contributed by atoms with Crippen molar-refractivity contribution in [2.75, 3.05) is 14.2 Å². The summed E-state index contributed by atoms with van der Waals surface area (Å²) in [6.45, 7) is 0. The molecule has 0 N–H and O–H groups in total. The van der Waals surface area contributed by atoms with Crippen molar-refractivity contribution in [3.8, 4) is 0 Å². The van der Waals surface area contributed by atoms with Crippen molar-refractivity contribution in [3.63, 3.8) is 0 Å². The molecule has 0 rings (SSSR count). The highest BCUT2D eigenvalue weighted by molar-refractivity contribution is 7.78. The molecule has 13 heavy (non-hydrogen) atoms. The van der Waals surface area contributed by atoms with Gasteiger partial charge < -0.3 is 9.47 Å². The topological polar surface area (TPSA) is 65.0 Å². The van der Waals surface area contributed by atoms with Crippen LogP contribution in [-0.2, 0) is 19.1 Å². The Kier molecular flexibility index (Phi) is 5.34. The smallest absolute Gasteiger partial charge is 0.357 e. The van der Waals surface area contributed by atoms with Gasteiger partial charge in [0, 0.05) is 0 Å². The summed E-state index contributed by atoms with van der Waals surface area (Å²) in [6, 6.07) is 0. The molecule has 0 fully saturated rings. The molecule has 0 amide bonds. The second-order valence-electron chi connectivity index (χ2n) is 1.75. The number of nitrogens with zero attached hydrogens (tertiary/aromatic N) is 1. The molecule has 0 aromatic rings. The second kappa shape index (κ2) is 6.05. The first-order chi connectivity index (χ1) is 6.15. The Balaban J connectivity index is 4.79. The molecule has 6 heteroatoms. The monoisotopic (exact) mass is 201 g/mol. The summed E-state index contributed by atoms with van der Waals surface area (Å²) in [4.78, 5) is 24.9. The molecule has 70 valence electrons. The van der Waals surface area contributed by atoms with Gasteiger partial charge in [-0.15, -0.1) is 0 Å². The van der Waals surface area contributed by atoms with Gasteiger partial charge in [-0.05, 0) is 12.2 Å². The lowest BCUT2D eigenvalue weighted by Crippen LogP contribution is -2.06. The van der Waals surface area contributed by atoms with Crippen molar-refractivity contribution in [2.45, 2.75) is 0 Å². The minimum absolute atomic E-state index is 0.246. The van der Waals surface area contributed by atoms with Crippen LogP contribution in [0.4, 0.5) is 0 Å². The number of carbonyl (C=O) groups excluding carboxylic acids is 2. The number of isothiocyanates is 1. The van der Waals surface area contributed by atoms with Gasteiger partial charge in [0.25, 0.3) is 0 Å². The highest BCUT2D eigenvalue weighted by Gasteiger charge is 2.10. The molecule has 0 saturated carbocycles. The van der Waals surface area contributed by atoms with Crippen molar-refractivity contribution in [3.05, 3.63) is 11.8 Å². The Hall–Kier alpha value is -1.52. The van der Waals surface area contributed by atoms with Crippen LogP contribution in [-0.4, -0.2) is 31.3 Å². The average molecular weight is 201 g/mol. The van der Waals surface area contributed by atoms with Crippen LogP contribution >= 0.6 is 12.2 Å². The average Bonchev–Trinajstić information content (AvgIpc) is 2.15. The van der Waals surface area contributed by atoms with Gasteiger partial charge in [-0.25, -0.2) is 9.59 Å². The number of aliphatic imine (C=N–C) groups is 1. The molecule has 0 heterocycles. The first kappa shape index (κ1) is 11.5. The van der Waals surface area contributed by atoms with Gasteiger partial charge in [0.2, 0.25) is 0 Å². The lowest BCUT2D eigenvalue weighted by Gasteiger charge is -1.96. The van der Waals surface area contributed by atoms with Crippen LogP contribution in [0.25, 0.3) is 0 Å². The zero-order chi connectivity index (χ0) is 10.3. The van der Waals surface area contributed by atoms with E-state index >= 15 is 0 Å². The van der Waals surface area contributed by atoms with E-state index in [0.29, 0.717) is 0 Å². The first-order valence-electron chi connectivity index (χ1n) is 3.11. The Labute approximate surface area is 80.0 Å². The molecule has 0 radical (unpaired) electrons. The maximum absolute atomic E-state index is 10.9. The summed E-state index contributed by atoms with van der Waals surface area (Å²) in [5.74, 6) is -1.49. The molecule has 0 atom stereocenters. The summed E-state index contributed by atoms with van der Waals surface area (Å²) in [7, 11) is 2.33. The fourth-order valence-corrected chi connectivity index (χ4v) is 0.559. The normalized spacial score (nSPS) is 9.85. The van der Waals surface area contributed by atoms with Gasteiger partial charge >= 0.3 is 11.9 Å². The van der Waals surface area contributed by atoms with Gasteiger partial charge in [-0.1, -0.05) is 0 Å². The minimum atomic E-state index is -0.775. The minimum Gasteiger partial charge on any atom is -0.466 e. The number of ether oxygens (including phenoxy) is 2. The Morgan fingerprint density at radius 1 is 1.38 bits per heavy atom. The second-order valence-corrected chi connectivity index (χ2v) is 1.93. The number of hydrogen-bond acceptors (Lipinski definition) is 6. The van der Waals surface area contributed by atoms with E-state index in [2.05, 4.69) is 26.7 Å². The van der Waals surface area contributed by atoms with Gasteiger partial charge in [0.1, 0.15) is 0 Å². The molecule has 0 aliphatic carbocycles. The third-order valence-corrected chi connectivity index (χ3v) is 1.11. The van der Waals surface area contributed by atoms with Crippen molar-refractivity contribution in [2.24, 2.45) is 4.99 Å². The summed E-state index contributed by atoms with van der Waals surface area (Å²) < 4.78 is 8.59. The molecule has 0 aromatic heterocycles. The molecule has 0 aliphatic rings. The molecule has 0 aromatic carbocycles. The highest BCUT2D eigenvalue weighted by atomic mass is 32.1. The lowest BCUT2D eigenvalue weighted by molar-refractivity contribution is -0.138. The highest BCUT2D eigenvalue weighted by Crippen LogP contribution is 1.98. The first-order valence-corrected chi connectivity index (χ1v) is 3.52. The van der Waals surface area contributed by atoms with E-state index in [-0.39, 0.29) is 5.70 Å². The van der Waals surface area contributed by atoms with Crippen LogP contribution in [0, 0.1) is 0 Å². The summed E-state index contributed by atoms with van der Waals surface area (Å²) in [5, 5.41) is 1.94. The Morgan fingerprint density at radius 3 is 2.38 bits per heavy atom. The molecule has 0 saturated heterocycles. The molecular formula is C7H7NO4S. The maximum atomic E-state index is 10.9. The number of rotatable bonds is 3. The van der Waals surface area contributed by atoms with Crippen molar-refractivity contribution in [1.82, 2.24) is 0 Å². The molecular weight excluding hydrogens is 194 g/mol. The zero-order valence-corrected chi connectivity index (χ0v) is 7.88. The van der Waals surface area contributed by atoms with Gasteiger partial charge in [0.05, 0.1) is 25.5 Å². The quantitative estimate of drug-likeness (QED) is 0.285. The number of thiocarbonyl (C=S) groups is 1. The van der Waals surface area contributed by atoms with Crippen LogP contribution < -0.4 is 0 Å². The Morgan fingerprint density at radius 2 is 2.00 bits per heavy atom.